The summed E-state index contributed by atoms with van der Waals surface area (Å²) in [5, 5.41) is 8.83. The monoisotopic (exact) mass is 456 g/mol. The van der Waals surface area contributed by atoms with Crippen LogP contribution in [0, 0.1) is 6.92 Å². The number of alkyl halides is 3. The predicted octanol–water partition coefficient (Wildman–Crippen LogP) is 4.26. The third kappa shape index (κ3) is 5.11. The lowest BCUT2D eigenvalue weighted by Crippen LogP contribution is -2.13. The zero-order valence-electron chi connectivity index (χ0n) is 18.2. The fourth-order valence-electron chi connectivity index (χ4n) is 3.66. The molecule has 3 heterocycles. The molecule has 1 aliphatic heterocycles. The fraction of sp³-hybridized carbons (Fsp3) is 0.304. The molecule has 0 radical (unpaired) electrons. The molecule has 0 saturated heterocycles. The maximum atomic E-state index is 13.2. The normalized spacial score (nSPS) is 13.1. The van der Waals surface area contributed by atoms with Crippen molar-refractivity contribution in [3.05, 3.63) is 59.0 Å². The Labute approximate surface area is 188 Å². The van der Waals surface area contributed by atoms with Gasteiger partial charge in [0, 0.05) is 23.5 Å². The summed E-state index contributed by atoms with van der Waals surface area (Å²) in [6.45, 7) is 2.76. The minimum Gasteiger partial charge on any atom is -0.325 e. The van der Waals surface area contributed by atoms with E-state index in [4.69, 9.17) is 0 Å². The van der Waals surface area contributed by atoms with E-state index in [1.165, 1.54) is 12.3 Å². The summed E-state index contributed by atoms with van der Waals surface area (Å²) < 4.78 is 39.5. The second kappa shape index (κ2) is 9.14. The Hall–Kier alpha value is -3.53. The highest BCUT2D eigenvalue weighted by molar-refractivity contribution is 6.00. The first-order chi connectivity index (χ1) is 15.7. The standard InChI is InChI=1S/C23H23F3N6O/c1-13-18(8-14(11-28-13)4-3-7-27-2)31-22-29-12-15-9-20(33)30-19-10-16(23(24,25)26)5-6-17(19)21(15)32-22/h5-6,8,10-12,27H,3-4,7,9H2,1-2H3,(H,30,33)(H,29,31,32). The van der Waals surface area contributed by atoms with E-state index >= 15 is 0 Å². The Bertz CT molecular complexity index is 1200. The smallest absolute Gasteiger partial charge is 0.325 e. The third-order valence-electron chi connectivity index (χ3n) is 5.37. The van der Waals surface area contributed by atoms with Crippen molar-refractivity contribution in [1.82, 2.24) is 20.3 Å². The van der Waals surface area contributed by atoms with Crippen LogP contribution in [0.1, 0.15) is 28.8 Å². The zero-order chi connectivity index (χ0) is 23.6. The lowest BCUT2D eigenvalue weighted by molar-refractivity contribution is -0.137. The highest BCUT2D eigenvalue weighted by Gasteiger charge is 2.32. The molecule has 4 rings (SSSR count). The molecule has 0 unspecified atom stereocenters. The van der Waals surface area contributed by atoms with Crippen LogP contribution in [-0.2, 0) is 23.8 Å². The summed E-state index contributed by atoms with van der Waals surface area (Å²) in [4.78, 5) is 25.6. The summed E-state index contributed by atoms with van der Waals surface area (Å²) >= 11 is 0. The Morgan fingerprint density at radius 1 is 1.15 bits per heavy atom. The van der Waals surface area contributed by atoms with Crippen LogP contribution in [0.5, 0.6) is 0 Å². The van der Waals surface area contributed by atoms with Gasteiger partial charge < -0.3 is 16.0 Å². The molecule has 3 aromatic rings. The van der Waals surface area contributed by atoms with Crippen LogP contribution < -0.4 is 16.0 Å². The van der Waals surface area contributed by atoms with Gasteiger partial charge in [-0.25, -0.2) is 9.97 Å². The van der Waals surface area contributed by atoms with E-state index in [-0.39, 0.29) is 18.1 Å². The minimum absolute atomic E-state index is 0.0345. The molecule has 3 N–H and O–H groups in total. The van der Waals surface area contributed by atoms with Crippen molar-refractivity contribution in [3.63, 3.8) is 0 Å². The van der Waals surface area contributed by atoms with Gasteiger partial charge in [0.15, 0.2) is 0 Å². The molecule has 2 aromatic heterocycles. The number of benzene rings is 1. The first-order valence-corrected chi connectivity index (χ1v) is 10.5. The number of pyridine rings is 1. The SMILES string of the molecule is CNCCCc1cnc(C)c(Nc2ncc3c(n2)-c2ccc(C(F)(F)F)cc2NC(=O)C3)c1. The number of nitrogens with zero attached hydrogens (tertiary/aromatic N) is 3. The maximum absolute atomic E-state index is 13.2. The van der Waals surface area contributed by atoms with Crippen LogP contribution in [-0.4, -0.2) is 34.5 Å². The molecule has 0 fully saturated rings. The van der Waals surface area contributed by atoms with Crippen LogP contribution >= 0.6 is 0 Å². The van der Waals surface area contributed by atoms with E-state index in [1.54, 1.807) is 0 Å². The molecule has 0 spiro atoms. The quantitative estimate of drug-likeness (QED) is 0.480. The van der Waals surface area contributed by atoms with Crippen LogP contribution in [0.2, 0.25) is 0 Å². The highest BCUT2D eigenvalue weighted by atomic mass is 19.4. The highest BCUT2D eigenvalue weighted by Crippen LogP contribution is 2.38. The molecular weight excluding hydrogens is 433 g/mol. The number of carbonyl (C=O) groups is 1. The molecule has 1 aromatic carbocycles. The van der Waals surface area contributed by atoms with E-state index in [0.717, 1.165) is 48.5 Å². The zero-order valence-corrected chi connectivity index (χ0v) is 18.2. The first-order valence-electron chi connectivity index (χ1n) is 10.5. The average molecular weight is 456 g/mol. The summed E-state index contributed by atoms with van der Waals surface area (Å²) in [6, 6.07) is 5.23. The Morgan fingerprint density at radius 2 is 1.97 bits per heavy atom. The molecule has 1 aliphatic rings. The molecule has 172 valence electrons. The van der Waals surface area contributed by atoms with Crippen LogP contribution in [0.4, 0.5) is 30.5 Å². The van der Waals surface area contributed by atoms with Gasteiger partial charge in [0.2, 0.25) is 11.9 Å². The topological polar surface area (TPSA) is 91.8 Å². The van der Waals surface area contributed by atoms with Gasteiger partial charge in [-0.15, -0.1) is 0 Å². The van der Waals surface area contributed by atoms with Crippen molar-refractivity contribution < 1.29 is 18.0 Å². The van der Waals surface area contributed by atoms with E-state index in [1.807, 2.05) is 26.2 Å². The Morgan fingerprint density at radius 3 is 2.73 bits per heavy atom. The molecule has 0 atom stereocenters. The number of anilines is 3. The fourth-order valence-corrected chi connectivity index (χ4v) is 3.66. The van der Waals surface area contributed by atoms with Gasteiger partial charge in [0.05, 0.1) is 34.7 Å². The van der Waals surface area contributed by atoms with Gasteiger partial charge in [-0.3, -0.25) is 9.78 Å². The number of nitrogens with one attached hydrogen (secondary N) is 3. The van der Waals surface area contributed by atoms with Gasteiger partial charge in [-0.05, 0) is 57.1 Å². The van der Waals surface area contributed by atoms with Gasteiger partial charge in [-0.1, -0.05) is 6.07 Å². The summed E-state index contributed by atoms with van der Waals surface area (Å²) in [6.07, 6.45) is 0.629. The predicted molar refractivity (Wildman–Crippen MR) is 119 cm³/mol. The van der Waals surface area contributed by atoms with Crippen molar-refractivity contribution in [3.8, 4) is 11.3 Å². The van der Waals surface area contributed by atoms with E-state index in [9.17, 15) is 18.0 Å². The Kier molecular flexibility index (Phi) is 6.28. The number of halogens is 3. The molecule has 0 saturated carbocycles. The van der Waals surface area contributed by atoms with Crippen molar-refractivity contribution >= 4 is 23.2 Å². The van der Waals surface area contributed by atoms with Crippen molar-refractivity contribution in [2.45, 2.75) is 32.4 Å². The number of amides is 1. The molecule has 0 bridgehead atoms. The van der Waals surface area contributed by atoms with Crippen molar-refractivity contribution in [1.29, 1.82) is 0 Å². The second-order valence-corrected chi connectivity index (χ2v) is 7.86. The minimum atomic E-state index is -4.52. The van der Waals surface area contributed by atoms with Crippen molar-refractivity contribution in [2.75, 3.05) is 24.2 Å². The van der Waals surface area contributed by atoms with Gasteiger partial charge in [-0.2, -0.15) is 13.2 Å². The van der Waals surface area contributed by atoms with Crippen LogP contribution in [0.15, 0.2) is 36.7 Å². The molecule has 33 heavy (non-hydrogen) atoms. The van der Waals surface area contributed by atoms with Crippen LogP contribution in [0.25, 0.3) is 11.3 Å². The van der Waals surface area contributed by atoms with Crippen LogP contribution in [0.3, 0.4) is 0 Å². The van der Waals surface area contributed by atoms with Gasteiger partial charge in [0.1, 0.15) is 0 Å². The third-order valence-corrected chi connectivity index (χ3v) is 5.37. The maximum Gasteiger partial charge on any atom is 0.416 e. The Balaban J connectivity index is 1.68. The summed E-state index contributed by atoms with van der Waals surface area (Å²) in [5.74, 6) is -0.154. The first kappa shape index (κ1) is 22.7. The van der Waals surface area contributed by atoms with Gasteiger partial charge in [0.25, 0.3) is 0 Å². The number of aromatic nitrogens is 3. The number of aryl methyl sites for hydroxylation is 2. The summed E-state index contributed by atoms with van der Waals surface area (Å²) in [7, 11) is 1.90. The number of rotatable bonds is 6. The van der Waals surface area contributed by atoms with E-state index in [2.05, 4.69) is 30.9 Å². The second-order valence-electron chi connectivity index (χ2n) is 7.86. The number of hydrogen-bond acceptors (Lipinski definition) is 6. The summed E-state index contributed by atoms with van der Waals surface area (Å²) in [5.41, 5.74) is 3.15. The number of fused-ring (bicyclic) bond motifs is 3. The average Bonchev–Trinajstić information content (AvgIpc) is 2.90. The number of hydrogen-bond donors (Lipinski definition) is 3. The van der Waals surface area contributed by atoms with Crippen molar-refractivity contribution in [2.24, 2.45) is 0 Å². The lowest BCUT2D eigenvalue weighted by Gasteiger charge is -2.14. The molecule has 10 heteroatoms. The van der Waals surface area contributed by atoms with E-state index in [0.29, 0.717) is 16.8 Å². The molecule has 7 nitrogen and oxygen atoms in total. The molecule has 0 aliphatic carbocycles. The number of carbonyl (C=O) groups excluding carboxylic acids is 1. The molecular formula is C23H23F3N6O. The largest absolute Gasteiger partial charge is 0.416 e. The van der Waals surface area contributed by atoms with E-state index < -0.39 is 17.6 Å². The molecule has 1 amide bonds. The van der Waals surface area contributed by atoms with Gasteiger partial charge >= 0.3 is 6.18 Å². The lowest BCUT2D eigenvalue weighted by atomic mass is 10.0.